The third kappa shape index (κ3) is 12.3. The maximum atomic E-state index is 5.29. The number of ether oxygens (including phenoxy) is 2. The van der Waals surface area contributed by atoms with Gasteiger partial charge in [0, 0.05) is 26.2 Å². The minimum atomic E-state index is 0.633. The molecular formula is C14H32N2O2. The van der Waals surface area contributed by atoms with E-state index >= 15 is 0 Å². The molecule has 4 nitrogen and oxygen atoms in total. The maximum absolute atomic E-state index is 5.29. The standard InChI is InChI=1S/C10H21NO.C4H11NO/c1-10(2)4-3-5-11-6-8-12-9-7-11;1-2-6-4-3-5/h10H,3-9H2,1-2H3;2-5H2,1H3. The van der Waals surface area contributed by atoms with Gasteiger partial charge >= 0.3 is 0 Å². The molecule has 0 aromatic heterocycles. The van der Waals surface area contributed by atoms with Crippen LogP contribution in [-0.2, 0) is 9.47 Å². The Kier molecular flexibility index (Phi) is 13.2. The van der Waals surface area contributed by atoms with Crippen molar-refractivity contribution in [3.05, 3.63) is 0 Å². The molecule has 1 aliphatic heterocycles. The summed E-state index contributed by atoms with van der Waals surface area (Å²) in [5.74, 6) is 0.853. The van der Waals surface area contributed by atoms with E-state index in [0.717, 1.165) is 38.8 Å². The van der Waals surface area contributed by atoms with Gasteiger partial charge in [-0.05, 0) is 32.2 Å². The highest BCUT2D eigenvalue weighted by Crippen LogP contribution is 2.05. The Morgan fingerprint density at radius 2 is 1.94 bits per heavy atom. The van der Waals surface area contributed by atoms with Crippen molar-refractivity contribution in [3.8, 4) is 0 Å². The summed E-state index contributed by atoms with van der Waals surface area (Å²) in [5, 5.41) is 0. The molecule has 1 fully saturated rings. The van der Waals surface area contributed by atoms with Crippen LogP contribution in [0.15, 0.2) is 0 Å². The van der Waals surface area contributed by atoms with Gasteiger partial charge in [0.15, 0.2) is 0 Å². The maximum Gasteiger partial charge on any atom is 0.0594 e. The fourth-order valence-electron chi connectivity index (χ4n) is 1.78. The van der Waals surface area contributed by atoms with E-state index in [1.165, 1.54) is 19.4 Å². The number of nitrogens with two attached hydrogens (primary N) is 1. The molecule has 1 heterocycles. The van der Waals surface area contributed by atoms with Crippen LogP contribution in [0.1, 0.15) is 33.6 Å². The van der Waals surface area contributed by atoms with Gasteiger partial charge in [0.25, 0.3) is 0 Å². The lowest BCUT2D eigenvalue weighted by Crippen LogP contribution is -2.36. The Hall–Kier alpha value is -0.160. The summed E-state index contributed by atoms with van der Waals surface area (Å²) in [6.07, 6.45) is 2.70. The normalized spacial score (nSPS) is 16.5. The molecule has 1 rings (SSSR count). The molecular weight excluding hydrogens is 228 g/mol. The molecule has 2 N–H and O–H groups in total. The van der Waals surface area contributed by atoms with Crippen LogP contribution in [-0.4, -0.2) is 57.5 Å². The molecule has 1 saturated heterocycles. The van der Waals surface area contributed by atoms with Crippen molar-refractivity contribution < 1.29 is 9.47 Å². The molecule has 1 aliphatic rings. The SMILES string of the molecule is CC(C)CCCN1CCOCC1.CCOCCN. The Balaban J connectivity index is 0.000000411. The van der Waals surface area contributed by atoms with Gasteiger partial charge in [-0.1, -0.05) is 13.8 Å². The first-order chi connectivity index (χ1) is 8.70. The van der Waals surface area contributed by atoms with Crippen LogP contribution in [0.25, 0.3) is 0 Å². The van der Waals surface area contributed by atoms with E-state index in [1.807, 2.05) is 6.92 Å². The van der Waals surface area contributed by atoms with E-state index in [1.54, 1.807) is 0 Å². The van der Waals surface area contributed by atoms with Gasteiger partial charge in [-0.25, -0.2) is 0 Å². The lowest BCUT2D eigenvalue weighted by atomic mass is 10.1. The van der Waals surface area contributed by atoms with Crippen LogP contribution >= 0.6 is 0 Å². The molecule has 110 valence electrons. The first-order valence-corrected chi connectivity index (χ1v) is 7.28. The molecule has 0 aromatic rings. The lowest BCUT2D eigenvalue weighted by molar-refractivity contribution is 0.0368. The fraction of sp³-hybridized carbons (Fsp3) is 1.00. The van der Waals surface area contributed by atoms with E-state index in [2.05, 4.69) is 18.7 Å². The topological polar surface area (TPSA) is 47.7 Å². The highest BCUT2D eigenvalue weighted by atomic mass is 16.5. The number of hydrogen-bond donors (Lipinski definition) is 1. The van der Waals surface area contributed by atoms with Gasteiger partial charge in [-0.15, -0.1) is 0 Å². The van der Waals surface area contributed by atoms with Crippen molar-refractivity contribution in [2.24, 2.45) is 11.7 Å². The van der Waals surface area contributed by atoms with Crippen LogP contribution in [0.2, 0.25) is 0 Å². The van der Waals surface area contributed by atoms with E-state index < -0.39 is 0 Å². The highest BCUT2D eigenvalue weighted by Gasteiger charge is 2.09. The van der Waals surface area contributed by atoms with Crippen molar-refractivity contribution >= 4 is 0 Å². The average Bonchev–Trinajstić information content (AvgIpc) is 2.38. The second kappa shape index (κ2) is 13.3. The number of morpholine rings is 1. The molecule has 0 aliphatic carbocycles. The zero-order valence-electron chi connectivity index (χ0n) is 12.5. The predicted molar refractivity (Wildman–Crippen MR) is 76.9 cm³/mol. The molecule has 0 unspecified atom stereocenters. The monoisotopic (exact) mass is 260 g/mol. The van der Waals surface area contributed by atoms with Crippen LogP contribution < -0.4 is 5.73 Å². The molecule has 4 heteroatoms. The van der Waals surface area contributed by atoms with E-state index in [-0.39, 0.29) is 0 Å². The molecule has 0 aromatic carbocycles. The molecule has 18 heavy (non-hydrogen) atoms. The zero-order chi connectivity index (χ0) is 13.6. The van der Waals surface area contributed by atoms with Crippen molar-refractivity contribution in [1.29, 1.82) is 0 Å². The summed E-state index contributed by atoms with van der Waals surface area (Å²) in [7, 11) is 0. The zero-order valence-corrected chi connectivity index (χ0v) is 12.5. The van der Waals surface area contributed by atoms with Gasteiger partial charge in [0.1, 0.15) is 0 Å². The van der Waals surface area contributed by atoms with E-state index in [4.69, 9.17) is 15.2 Å². The Bertz CT molecular complexity index is 156. The van der Waals surface area contributed by atoms with Crippen LogP contribution in [0.5, 0.6) is 0 Å². The van der Waals surface area contributed by atoms with Crippen LogP contribution in [0, 0.1) is 5.92 Å². The lowest BCUT2D eigenvalue weighted by Gasteiger charge is -2.26. The third-order valence-electron chi connectivity index (χ3n) is 2.83. The Morgan fingerprint density at radius 3 is 2.39 bits per heavy atom. The number of nitrogens with zero attached hydrogens (tertiary/aromatic N) is 1. The number of hydrogen-bond acceptors (Lipinski definition) is 4. The smallest absolute Gasteiger partial charge is 0.0594 e. The van der Waals surface area contributed by atoms with Crippen LogP contribution in [0.3, 0.4) is 0 Å². The van der Waals surface area contributed by atoms with Gasteiger partial charge in [0.05, 0.1) is 19.8 Å². The fourth-order valence-corrected chi connectivity index (χ4v) is 1.78. The molecule has 0 saturated carbocycles. The Morgan fingerprint density at radius 1 is 1.28 bits per heavy atom. The van der Waals surface area contributed by atoms with E-state index in [0.29, 0.717) is 13.2 Å². The molecule has 0 spiro atoms. The van der Waals surface area contributed by atoms with Crippen molar-refractivity contribution in [2.75, 3.05) is 52.6 Å². The average molecular weight is 260 g/mol. The van der Waals surface area contributed by atoms with Gasteiger partial charge in [0.2, 0.25) is 0 Å². The molecule has 0 radical (unpaired) electrons. The van der Waals surface area contributed by atoms with Crippen molar-refractivity contribution in [3.63, 3.8) is 0 Å². The minimum Gasteiger partial charge on any atom is -0.380 e. The third-order valence-corrected chi connectivity index (χ3v) is 2.83. The van der Waals surface area contributed by atoms with Crippen molar-refractivity contribution in [2.45, 2.75) is 33.6 Å². The summed E-state index contributed by atoms with van der Waals surface area (Å²) in [4.78, 5) is 2.51. The molecule has 0 amide bonds. The second-order valence-electron chi connectivity index (χ2n) is 4.98. The minimum absolute atomic E-state index is 0.633. The summed E-state index contributed by atoms with van der Waals surface area (Å²) in [6, 6.07) is 0. The first kappa shape index (κ1) is 17.8. The summed E-state index contributed by atoms with van der Waals surface area (Å²) in [5.41, 5.74) is 5.09. The largest absolute Gasteiger partial charge is 0.380 e. The quantitative estimate of drug-likeness (QED) is 0.708. The van der Waals surface area contributed by atoms with Crippen molar-refractivity contribution in [1.82, 2.24) is 4.90 Å². The van der Waals surface area contributed by atoms with Crippen LogP contribution in [0.4, 0.5) is 0 Å². The van der Waals surface area contributed by atoms with Gasteiger partial charge in [-0.3, -0.25) is 4.90 Å². The Labute approximate surface area is 113 Å². The molecule has 0 atom stereocenters. The summed E-state index contributed by atoms with van der Waals surface area (Å²) < 4.78 is 10.1. The van der Waals surface area contributed by atoms with Gasteiger partial charge < -0.3 is 15.2 Å². The van der Waals surface area contributed by atoms with E-state index in [9.17, 15) is 0 Å². The van der Waals surface area contributed by atoms with Gasteiger partial charge in [-0.2, -0.15) is 0 Å². The summed E-state index contributed by atoms with van der Waals surface area (Å²) >= 11 is 0. The highest BCUT2D eigenvalue weighted by molar-refractivity contribution is 4.61. The first-order valence-electron chi connectivity index (χ1n) is 7.28. The predicted octanol–water partition coefficient (Wildman–Crippen LogP) is 1.74. The molecule has 0 bridgehead atoms. The number of rotatable bonds is 7. The summed E-state index contributed by atoms with van der Waals surface area (Å²) in [6.45, 7) is 14.0. The second-order valence-corrected chi connectivity index (χ2v) is 4.98.